The first-order chi connectivity index (χ1) is 13.1. The molecule has 0 fully saturated rings. The van der Waals surface area contributed by atoms with E-state index >= 15 is 0 Å². The van der Waals surface area contributed by atoms with E-state index in [1.807, 2.05) is 0 Å². The molecular formula is C20H24O7. The topological polar surface area (TPSA) is 94.5 Å². The van der Waals surface area contributed by atoms with Crippen molar-refractivity contribution in [2.75, 3.05) is 40.6 Å². The first kappa shape index (κ1) is 20.9. The molecule has 0 aliphatic carbocycles. The van der Waals surface area contributed by atoms with E-state index in [4.69, 9.17) is 18.9 Å². The smallest absolute Gasteiger partial charge is 0.261 e. The van der Waals surface area contributed by atoms with Crippen LogP contribution in [0.1, 0.15) is 15.9 Å². The average molecular weight is 376 g/mol. The highest BCUT2D eigenvalue weighted by molar-refractivity contribution is 6.02. The fraction of sp³-hybridized carbons (Fsp3) is 0.350. The summed E-state index contributed by atoms with van der Waals surface area (Å²) in [5.41, 5.74) is 0.758. The fourth-order valence-electron chi connectivity index (χ4n) is 2.59. The number of hydrogen-bond acceptors (Lipinski definition) is 7. The highest BCUT2D eigenvalue weighted by Gasteiger charge is 2.43. The summed E-state index contributed by atoms with van der Waals surface area (Å²) < 4.78 is 21.7. The molecule has 0 amide bonds. The second kappa shape index (κ2) is 10.0. The number of Topliss-reactive ketones (excluding diaryl/α,β-unsaturated/α-hetero) is 1. The molecule has 27 heavy (non-hydrogen) atoms. The van der Waals surface area contributed by atoms with Gasteiger partial charge in [-0.05, 0) is 48.5 Å². The molecule has 2 aromatic carbocycles. The van der Waals surface area contributed by atoms with Crippen LogP contribution in [-0.4, -0.2) is 56.6 Å². The Kier molecular flexibility index (Phi) is 7.75. The zero-order chi connectivity index (χ0) is 19.7. The minimum absolute atomic E-state index is 0.126. The van der Waals surface area contributed by atoms with Crippen LogP contribution < -0.4 is 9.47 Å². The summed E-state index contributed by atoms with van der Waals surface area (Å²) in [6.07, 6.45) is 0. The predicted molar refractivity (Wildman–Crippen MR) is 98.1 cm³/mol. The van der Waals surface area contributed by atoms with Gasteiger partial charge in [-0.15, -0.1) is 0 Å². The largest absolute Gasteiger partial charge is 0.497 e. The summed E-state index contributed by atoms with van der Waals surface area (Å²) in [5.74, 6) is -1.06. The highest BCUT2D eigenvalue weighted by Crippen LogP contribution is 2.33. The third kappa shape index (κ3) is 4.84. The van der Waals surface area contributed by atoms with Gasteiger partial charge in [-0.2, -0.15) is 0 Å². The molecule has 0 aliphatic rings. The molecule has 2 N–H and O–H groups in total. The Morgan fingerprint density at radius 1 is 0.815 bits per heavy atom. The van der Waals surface area contributed by atoms with Gasteiger partial charge in [0.2, 0.25) is 5.78 Å². The van der Waals surface area contributed by atoms with Crippen molar-refractivity contribution in [3.8, 4) is 11.5 Å². The monoisotopic (exact) mass is 376 g/mol. The number of aliphatic hydroxyl groups excluding tert-OH is 2. The molecule has 0 saturated heterocycles. The summed E-state index contributed by atoms with van der Waals surface area (Å²) in [7, 11) is 3.07. The third-order valence-corrected chi connectivity index (χ3v) is 3.91. The molecule has 0 radical (unpaired) electrons. The van der Waals surface area contributed by atoms with E-state index in [0.717, 1.165) is 0 Å². The van der Waals surface area contributed by atoms with E-state index < -0.39 is 11.6 Å². The molecule has 0 heterocycles. The van der Waals surface area contributed by atoms with Crippen molar-refractivity contribution in [3.05, 3.63) is 59.7 Å². The normalized spacial score (nSPS) is 11.3. The molecule has 7 heteroatoms. The van der Waals surface area contributed by atoms with Gasteiger partial charge in [0.15, 0.2) is 0 Å². The van der Waals surface area contributed by atoms with Crippen LogP contribution in [0.25, 0.3) is 0 Å². The highest BCUT2D eigenvalue weighted by atomic mass is 16.7. The Bertz CT molecular complexity index is 702. The van der Waals surface area contributed by atoms with Crippen LogP contribution in [0.3, 0.4) is 0 Å². The number of carbonyl (C=O) groups excluding carboxylic acids is 1. The van der Waals surface area contributed by atoms with E-state index in [0.29, 0.717) is 22.6 Å². The number of ketones is 1. The van der Waals surface area contributed by atoms with Crippen LogP contribution in [0.5, 0.6) is 11.5 Å². The number of ether oxygens (including phenoxy) is 4. The molecule has 0 aliphatic heterocycles. The molecule has 2 rings (SSSR count). The lowest BCUT2D eigenvalue weighted by molar-refractivity contribution is -0.216. The lowest BCUT2D eigenvalue weighted by Crippen LogP contribution is -2.43. The number of methoxy groups -OCH3 is 2. The minimum atomic E-state index is -1.81. The molecule has 0 spiro atoms. The Labute approximate surface area is 158 Å². The second-order valence-corrected chi connectivity index (χ2v) is 5.55. The molecular weight excluding hydrogens is 352 g/mol. The van der Waals surface area contributed by atoms with Crippen molar-refractivity contribution >= 4 is 5.78 Å². The SMILES string of the molecule is COc1ccc(C(=O)C(OCCO)(OCCO)c2ccc(OC)cc2)cc1. The number of carbonyl (C=O) groups is 1. The number of aliphatic hydroxyl groups is 2. The first-order valence-corrected chi connectivity index (χ1v) is 8.44. The molecule has 7 nitrogen and oxygen atoms in total. The first-order valence-electron chi connectivity index (χ1n) is 8.44. The Morgan fingerprint density at radius 3 is 1.67 bits per heavy atom. The number of hydrogen-bond donors (Lipinski definition) is 2. The van der Waals surface area contributed by atoms with Gasteiger partial charge in [-0.3, -0.25) is 4.79 Å². The molecule has 146 valence electrons. The molecule has 0 unspecified atom stereocenters. The Balaban J connectivity index is 2.50. The lowest BCUT2D eigenvalue weighted by atomic mass is 9.95. The van der Waals surface area contributed by atoms with Gasteiger partial charge in [0.05, 0.1) is 40.6 Å². The Hall–Kier alpha value is -2.45. The predicted octanol–water partition coefficient (Wildman–Crippen LogP) is 1.76. The van der Waals surface area contributed by atoms with Crippen molar-refractivity contribution in [3.63, 3.8) is 0 Å². The molecule has 0 bridgehead atoms. The van der Waals surface area contributed by atoms with Gasteiger partial charge in [-0.1, -0.05) is 0 Å². The number of benzene rings is 2. The molecule has 0 aromatic heterocycles. The van der Waals surface area contributed by atoms with Crippen LogP contribution in [0.2, 0.25) is 0 Å². The van der Waals surface area contributed by atoms with Crippen LogP contribution >= 0.6 is 0 Å². The van der Waals surface area contributed by atoms with Gasteiger partial charge >= 0.3 is 0 Å². The molecule has 2 aromatic rings. The maximum atomic E-state index is 13.3. The third-order valence-electron chi connectivity index (χ3n) is 3.91. The van der Waals surface area contributed by atoms with Crippen molar-refractivity contribution in [1.29, 1.82) is 0 Å². The van der Waals surface area contributed by atoms with Gasteiger partial charge in [0, 0.05) is 11.1 Å². The summed E-state index contributed by atoms with van der Waals surface area (Å²) in [6, 6.07) is 13.2. The summed E-state index contributed by atoms with van der Waals surface area (Å²) in [4.78, 5) is 13.3. The Morgan fingerprint density at radius 2 is 1.26 bits per heavy atom. The van der Waals surface area contributed by atoms with Crippen molar-refractivity contribution in [2.24, 2.45) is 0 Å². The standard InChI is InChI=1S/C20H24O7/c1-24-17-7-3-15(4-8-17)19(23)20(26-13-11-21,27-14-12-22)16-5-9-18(25-2)10-6-16/h3-10,21-22H,11-14H2,1-2H3. The zero-order valence-corrected chi connectivity index (χ0v) is 15.4. The van der Waals surface area contributed by atoms with E-state index in [-0.39, 0.29) is 26.4 Å². The summed E-state index contributed by atoms with van der Waals surface area (Å²) in [5, 5.41) is 18.5. The van der Waals surface area contributed by atoms with Gasteiger partial charge < -0.3 is 29.2 Å². The molecule has 0 atom stereocenters. The minimum Gasteiger partial charge on any atom is -0.497 e. The molecule has 0 saturated carbocycles. The van der Waals surface area contributed by atoms with Gasteiger partial charge in [-0.25, -0.2) is 0 Å². The second-order valence-electron chi connectivity index (χ2n) is 5.55. The van der Waals surface area contributed by atoms with Crippen LogP contribution in [0.4, 0.5) is 0 Å². The average Bonchev–Trinajstić information content (AvgIpc) is 2.74. The maximum absolute atomic E-state index is 13.3. The van der Waals surface area contributed by atoms with Crippen LogP contribution in [0, 0.1) is 0 Å². The van der Waals surface area contributed by atoms with Gasteiger partial charge in [0.1, 0.15) is 11.5 Å². The zero-order valence-electron chi connectivity index (χ0n) is 15.4. The van der Waals surface area contributed by atoms with Crippen molar-refractivity contribution in [1.82, 2.24) is 0 Å². The van der Waals surface area contributed by atoms with E-state index in [1.54, 1.807) is 48.5 Å². The van der Waals surface area contributed by atoms with Crippen molar-refractivity contribution in [2.45, 2.75) is 5.79 Å². The quantitative estimate of drug-likeness (QED) is 0.456. The fourth-order valence-corrected chi connectivity index (χ4v) is 2.59. The van der Waals surface area contributed by atoms with E-state index in [1.165, 1.54) is 14.2 Å². The van der Waals surface area contributed by atoms with Crippen LogP contribution in [-0.2, 0) is 15.3 Å². The maximum Gasteiger partial charge on any atom is 0.261 e. The summed E-state index contributed by atoms with van der Waals surface area (Å²) >= 11 is 0. The van der Waals surface area contributed by atoms with Gasteiger partial charge in [0.25, 0.3) is 5.79 Å². The van der Waals surface area contributed by atoms with E-state index in [2.05, 4.69) is 0 Å². The van der Waals surface area contributed by atoms with Crippen LogP contribution in [0.15, 0.2) is 48.5 Å². The van der Waals surface area contributed by atoms with Crippen molar-refractivity contribution < 1.29 is 34.0 Å². The van der Waals surface area contributed by atoms with E-state index in [9.17, 15) is 15.0 Å². The number of rotatable bonds is 11. The summed E-state index contributed by atoms with van der Waals surface area (Å²) in [6.45, 7) is -0.842. The lowest BCUT2D eigenvalue weighted by Gasteiger charge is -2.32.